The minimum absolute atomic E-state index is 0. The van der Waals surface area contributed by atoms with Crippen molar-refractivity contribution in [2.24, 2.45) is 4.99 Å². The molecule has 1 saturated heterocycles. The molecule has 166 valence electrons. The fourth-order valence-electron chi connectivity index (χ4n) is 3.51. The highest BCUT2D eigenvalue weighted by Crippen LogP contribution is 2.30. The molecule has 2 N–H and O–H groups in total. The number of aliphatic imine (C=N–C) groups is 1. The molecular weight excluding hydrogens is 505 g/mol. The maximum Gasteiger partial charge on any atom is 0.191 e. The lowest BCUT2D eigenvalue weighted by atomic mass is 10.1. The van der Waals surface area contributed by atoms with Crippen molar-refractivity contribution < 1.29 is 9.47 Å². The summed E-state index contributed by atoms with van der Waals surface area (Å²) in [5.74, 6) is 2.36. The van der Waals surface area contributed by atoms with Gasteiger partial charge in [-0.15, -0.1) is 24.0 Å². The largest absolute Gasteiger partial charge is 0.497 e. The maximum atomic E-state index is 9.07. The van der Waals surface area contributed by atoms with Crippen molar-refractivity contribution in [1.29, 1.82) is 5.26 Å². The third-order valence-corrected chi connectivity index (χ3v) is 5.05. The van der Waals surface area contributed by atoms with E-state index in [1.54, 1.807) is 20.3 Å². The van der Waals surface area contributed by atoms with E-state index < -0.39 is 0 Å². The van der Waals surface area contributed by atoms with Crippen LogP contribution in [-0.4, -0.2) is 45.9 Å². The molecule has 2 aromatic carbocycles. The predicted octanol–water partition coefficient (Wildman–Crippen LogP) is 3.53. The summed E-state index contributed by atoms with van der Waals surface area (Å²) in [7, 11) is 3.33. The highest BCUT2D eigenvalue weighted by atomic mass is 127. The first-order valence-corrected chi connectivity index (χ1v) is 10.2. The molecule has 1 heterocycles. The van der Waals surface area contributed by atoms with E-state index in [1.807, 2.05) is 36.4 Å². The lowest BCUT2D eigenvalue weighted by Gasteiger charge is -2.21. The van der Waals surface area contributed by atoms with Gasteiger partial charge in [0.05, 0.1) is 32.4 Å². The van der Waals surface area contributed by atoms with Crippen molar-refractivity contribution in [3.63, 3.8) is 0 Å². The number of methoxy groups -OCH3 is 2. The number of ether oxygens (including phenoxy) is 2. The molecule has 2 aromatic rings. The molecular formula is C23H30IN5O2. The topological polar surface area (TPSA) is 81.9 Å². The number of benzene rings is 2. The van der Waals surface area contributed by atoms with Crippen molar-refractivity contribution in [2.45, 2.75) is 25.9 Å². The average molecular weight is 535 g/mol. The Balaban J connectivity index is 0.00000341. The molecule has 1 atom stereocenters. The molecule has 1 aliphatic heterocycles. The Morgan fingerprint density at radius 1 is 1.19 bits per heavy atom. The van der Waals surface area contributed by atoms with Gasteiger partial charge in [-0.2, -0.15) is 5.26 Å². The lowest BCUT2D eigenvalue weighted by Crippen LogP contribution is -2.44. The Morgan fingerprint density at radius 3 is 2.58 bits per heavy atom. The van der Waals surface area contributed by atoms with E-state index in [-0.39, 0.29) is 30.0 Å². The molecule has 1 fully saturated rings. The fourth-order valence-corrected chi connectivity index (χ4v) is 3.51. The van der Waals surface area contributed by atoms with E-state index in [9.17, 15) is 0 Å². The molecule has 31 heavy (non-hydrogen) atoms. The highest BCUT2D eigenvalue weighted by Gasteiger charge is 2.24. The number of halogens is 1. The quantitative estimate of drug-likeness (QED) is 0.321. The second-order valence-corrected chi connectivity index (χ2v) is 7.15. The van der Waals surface area contributed by atoms with E-state index >= 15 is 0 Å². The first kappa shape index (κ1) is 24.6. The molecule has 0 spiro atoms. The van der Waals surface area contributed by atoms with Crippen LogP contribution < -0.4 is 25.0 Å². The summed E-state index contributed by atoms with van der Waals surface area (Å²) in [5, 5.41) is 15.9. The van der Waals surface area contributed by atoms with E-state index in [4.69, 9.17) is 19.7 Å². The van der Waals surface area contributed by atoms with Crippen LogP contribution in [0.4, 0.5) is 5.69 Å². The average Bonchev–Trinajstić information content (AvgIpc) is 3.26. The summed E-state index contributed by atoms with van der Waals surface area (Å²) in [6, 6.07) is 16.0. The van der Waals surface area contributed by atoms with Crippen LogP contribution in [0.5, 0.6) is 11.5 Å². The number of nitriles is 1. The van der Waals surface area contributed by atoms with Gasteiger partial charge < -0.3 is 25.0 Å². The van der Waals surface area contributed by atoms with Gasteiger partial charge in [0.25, 0.3) is 0 Å². The first-order valence-electron chi connectivity index (χ1n) is 10.2. The Labute approximate surface area is 201 Å². The van der Waals surface area contributed by atoms with Crippen LogP contribution in [0.25, 0.3) is 0 Å². The predicted molar refractivity (Wildman–Crippen MR) is 135 cm³/mol. The van der Waals surface area contributed by atoms with Gasteiger partial charge in [0.2, 0.25) is 0 Å². The van der Waals surface area contributed by atoms with E-state index in [0.717, 1.165) is 54.8 Å². The molecule has 0 saturated carbocycles. The Morgan fingerprint density at radius 2 is 1.94 bits per heavy atom. The van der Waals surface area contributed by atoms with Crippen LogP contribution in [-0.2, 0) is 6.54 Å². The zero-order chi connectivity index (χ0) is 21.3. The Kier molecular flexibility index (Phi) is 9.72. The van der Waals surface area contributed by atoms with Gasteiger partial charge in [0.15, 0.2) is 5.96 Å². The summed E-state index contributed by atoms with van der Waals surface area (Å²) in [6.45, 7) is 5.17. The number of nitrogens with zero attached hydrogens (tertiary/aromatic N) is 3. The van der Waals surface area contributed by atoms with Crippen LogP contribution in [0.15, 0.2) is 47.5 Å². The van der Waals surface area contributed by atoms with Crippen LogP contribution in [0.2, 0.25) is 0 Å². The molecule has 0 aliphatic carbocycles. The molecule has 0 aromatic heterocycles. The van der Waals surface area contributed by atoms with E-state index in [1.165, 1.54) is 0 Å². The lowest BCUT2D eigenvalue weighted by molar-refractivity contribution is 0.394. The normalized spacial score (nSPS) is 15.6. The first-order chi connectivity index (χ1) is 14.6. The maximum absolute atomic E-state index is 9.07. The highest BCUT2D eigenvalue weighted by molar-refractivity contribution is 14.0. The molecule has 0 bridgehead atoms. The minimum atomic E-state index is 0. The number of hydrogen-bond acceptors (Lipinski definition) is 5. The van der Waals surface area contributed by atoms with Crippen LogP contribution in [0, 0.1) is 11.3 Å². The van der Waals surface area contributed by atoms with Gasteiger partial charge >= 0.3 is 0 Å². The molecule has 0 radical (unpaired) electrons. The standard InChI is InChI=1S/C23H29N5O2.HI/c1-4-25-23(26-15-18-7-5-6-17(10-18)14-24)27-19-8-9-28(16-19)20-11-21(29-2)13-22(12-20)30-3;/h5-7,10-13,19H,4,8-9,15-16H2,1-3H3,(H2,25,26,27);1H. The summed E-state index contributed by atoms with van der Waals surface area (Å²) in [4.78, 5) is 7.02. The van der Waals surface area contributed by atoms with Crippen molar-refractivity contribution in [2.75, 3.05) is 38.8 Å². The molecule has 0 amide bonds. The van der Waals surface area contributed by atoms with Crippen LogP contribution >= 0.6 is 24.0 Å². The van der Waals surface area contributed by atoms with Gasteiger partial charge in [-0.05, 0) is 31.0 Å². The van der Waals surface area contributed by atoms with Crippen LogP contribution in [0.3, 0.4) is 0 Å². The summed E-state index contributed by atoms with van der Waals surface area (Å²) < 4.78 is 10.8. The van der Waals surface area contributed by atoms with Gasteiger partial charge in [-0.1, -0.05) is 12.1 Å². The zero-order valence-electron chi connectivity index (χ0n) is 18.2. The molecule has 1 aliphatic rings. The van der Waals surface area contributed by atoms with Gasteiger partial charge in [-0.3, -0.25) is 0 Å². The Bertz CT molecular complexity index is 906. The van der Waals surface area contributed by atoms with Gasteiger partial charge in [0.1, 0.15) is 11.5 Å². The number of nitrogens with one attached hydrogen (secondary N) is 2. The molecule has 7 nitrogen and oxygen atoms in total. The third-order valence-electron chi connectivity index (χ3n) is 5.05. The molecule has 1 unspecified atom stereocenters. The summed E-state index contributed by atoms with van der Waals surface area (Å²) >= 11 is 0. The SMILES string of the molecule is CCNC(=NCc1cccc(C#N)c1)NC1CCN(c2cc(OC)cc(OC)c2)C1.I. The Hall–Kier alpha value is -2.67. The van der Waals surface area contributed by atoms with Crippen molar-refractivity contribution >= 4 is 35.6 Å². The van der Waals surface area contributed by atoms with E-state index in [0.29, 0.717) is 12.1 Å². The minimum Gasteiger partial charge on any atom is -0.497 e. The number of anilines is 1. The smallest absolute Gasteiger partial charge is 0.191 e. The number of hydrogen-bond donors (Lipinski definition) is 2. The number of guanidine groups is 1. The monoisotopic (exact) mass is 535 g/mol. The second kappa shape index (κ2) is 12.2. The van der Waals surface area contributed by atoms with E-state index in [2.05, 4.69) is 28.5 Å². The van der Waals surface area contributed by atoms with Crippen molar-refractivity contribution in [3.05, 3.63) is 53.6 Å². The molecule has 8 heteroatoms. The van der Waals surface area contributed by atoms with Crippen molar-refractivity contribution in [3.8, 4) is 17.6 Å². The molecule has 3 rings (SSSR count). The van der Waals surface area contributed by atoms with Gasteiger partial charge in [-0.25, -0.2) is 4.99 Å². The second-order valence-electron chi connectivity index (χ2n) is 7.15. The summed E-state index contributed by atoms with van der Waals surface area (Å²) in [6.07, 6.45) is 1.01. The summed E-state index contributed by atoms with van der Waals surface area (Å²) in [5.41, 5.74) is 2.76. The zero-order valence-corrected chi connectivity index (χ0v) is 20.6. The fraction of sp³-hybridized carbons (Fsp3) is 0.391. The third kappa shape index (κ3) is 6.92. The van der Waals surface area contributed by atoms with Crippen LogP contribution in [0.1, 0.15) is 24.5 Å². The number of rotatable bonds is 7. The van der Waals surface area contributed by atoms with Gasteiger partial charge in [0, 0.05) is 49.6 Å². The van der Waals surface area contributed by atoms with Crippen molar-refractivity contribution in [1.82, 2.24) is 10.6 Å².